The van der Waals surface area contributed by atoms with E-state index in [2.05, 4.69) is 4.98 Å². The first-order chi connectivity index (χ1) is 8.36. The molecule has 0 saturated carbocycles. The number of hydrogen-bond acceptors (Lipinski definition) is 3. The lowest BCUT2D eigenvalue weighted by Gasteiger charge is -2.05. The van der Waals surface area contributed by atoms with Crippen LogP contribution in [0.15, 0.2) is 35.7 Å². The maximum atomic E-state index is 11.1. The van der Waals surface area contributed by atoms with Crippen LogP contribution in [-0.2, 0) is 15.6 Å². The minimum absolute atomic E-state index is 0.186. The molecule has 0 radical (unpaired) electrons. The zero-order valence-corrected chi connectivity index (χ0v) is 11.9. The normalized spacial score (nSPS) is 11.7. The SMILES string of the molecule is O=S(=O)(Cl)c1cn(Cc2ccc(Cl)cc2Cl)cn1. The van der Waals surface area contributed by atoms with E-state index in [0.29, 0.717) is 16.6 Å². The highest BCUT2D eigenvalue weighted by Gasteiger charge is 2.13. The molecule has 0 amide bonds. The van der Waals surface area contributed by atoms with Crippen molar-refractivity contribution < 1.29 is 8.42 Å². The summed E-state index contributed by atoms with van der Waals surface area (Å²) in [6, 6.07) is 5.09. The largest absolute Gasteiger partial charge is 0.332 e. The molecule has 0 unspecified atom stereocenters. The molecule has 2 rings (SSSR count). The van der Waals surface area contributed by atoms with E-state index >= 15 is 0 Å². The molecule has 0 fully saturated rings. The zero-order valence-electron chi connectivity index (χ0n) is 8.85. The first kappa shape index (κ1) is 13.7. The van der Waals surface area contributed by atoms with Gasteiger partial charge in [-0.1, -0.05) is 29.3 Å². The van der Waals surface area contributed by atoms with Crippen molar-refractivity contribution in [1.29, 1.82) is 0 Å². The number of aromatic nitrogens is 2. The van der Waals surface area contributed by atoms with Crippen molar-refractivity contribution in [3.63, 3.8) is 0 Å². The van der Waals surface area contributed by atoms with Crippen LogP contribution in [0.1, 0.15) is 5.56 Å². The molecule has 2 aromatic rings. The van der Waals surface area contributed by atoms with Crippen LogP contribution in [0.2, 0.25) is 10.0 Å². The van der Waals surface area contributed by atoms with Crippen LogP contribution >= 0.6 is 33.9 Å². The van der Waals surface area contributed by atoms with Gasteiger partial charge < -0.3 is 4.57 Å². The smallest absolute Gasteiger partial charge is 0.280 e. The Morgan fingerprint density at radius 3 is 2.56 bits per heavy atom. The molecule has 0 spiro atoms. The molecule has 1 heterocycles. The van der Waals surface area contributed by atoms with E-state index in [-0.39, 0.29) is 5.03 Å². The molecule has 0 N–H and O–H groups in total. The number of hydrogen-bond donors (Lipinski definition) is 0. The van der Waals surface area contributed by atoms with Gasteiger partial charge in [-0.3, -0.25) is 0 Å². The van der Waals surface area contributed by atoms with Crippen LogP contribution in [-0.4, -0.2) is 18.0 Å². The van der Waals surface area contributed by atoms with Crippen molar-refractivity contribution in [3.8, 4) is 0 Å². The maximum Gasteiger partial charge on any atom is 0.280 e. The fraction of sp³-hybridized carbons (Fsp3) is 0.100. The van der Waals surface area contributed by atoms with Gasteiger partial charge in [0.25, 0.3) is 9.05 Å². The second-order valence-corrected chi connectivity index (χ2v) is 6.91. The lowest BCUT2D eigenvalue weighted by atomic mass is 10.2. The number of benzene rings is 1. The van der Waals surface area contributed by atoms with Crippen LogP contribution < -0.4 is 0 Å². The molecule has 0 atom stereocenters. The van der Waals surface area contributed by atoms with Crippen LogP contribution in [0.5, 0.6) is 0 Å². The van der Waals surface area contributed by atoms with Gasteiger partial charge in [0.2, 0.25) is 0 Å². The standard InChI is InChI=1S/C10H7Cl3N2O2S/c11-8-2-1-7(9(12)3-8)4-15-5-10(14-6-15)18(13,16)17/h1-3,5-6H,4H2. The highest BCUT2D eigenvalue weighted by Crippen LogP contribution is 2.22. The quantitative estimate of drug-likeness (QED) is 0.815. The third-order valence-electron chi connectivity index (χ3n) is 2.23. The van der Waals surface area contributed by atoms with Gasteiger partial charge in [-0.05, 0) is 17.7 Å². The average Bonchev–Trinajstić information content (AvgIpc) is 2.70. The molecule has 8 heteroatoms. The van der Waals surface area contributed by atoms with E-state index < -0.39 is 9.05 Å². The number of imidazole rings is 1. The predicted molar refractivity (Wildman–Crippen MR) is 70.8 cm³/mol. The Morgan fingerprint density at radius 2 is 2.00 bits per heavy atom. The number of rotatable bonds is 3. The highest BCUT2D eigenvalue weighted by atomic mass is 35.7. The molecule has 96 valence electrons. The molecule has 0 aliphatic heterocycles. The van der Waals surface area contributed by atoms with Crippen LogP contribution in [0.3, 0.4) is 0 Å². The summed E-state index contributed by atoms with van der Waals surface area (Å²) in [7, 11) is 1.37. The van der Waals surface area contributed by atoms with E-state index in [0.717, 1.165) is 5.56 Å². The van der Waals surface area contributed by atoms with Crippen molar-refractivity contribution in [2.75, 3.05) is 0 Å². The van der Waals surface area contributed by atoms with Gasteiger partial charge in [-0.2, -0.15) is 0 Å². The molecular weight excluding hydrogens is 319 g/mol. The van der Waals surface area contributed by atoms with Crippen molar-refractivity contribution in [2.24, 2.45) is 0 Å². The van der Waals surface area contributed by atoms with Gasteiger partial charge in [0.1, 0.15) is 0 Å². The van der Waals surface area contributed by atoms with E-state index in [9.17, 15) is 8.42 Å². The number of nitrogens with zero attached hydrogens (tertiary/aromatic N) is 2. The minimum Gasteiger partial charge on any atom is -0.332 e. The fourth-order valence-electron chi connectivity index (χ4n) is 1.40. The first-order valence-corrected chi connectivity index (χ1v) is 7.83. The van der Waals surface area contributed by atoms with Gasteiger partial charge >= 0.3 is 0 Å². The second kappa shape index (κ2) is 5.09. The molecule has 1 aromatic carbocycles. The summed E-state index contributed by atoms with van der Waals surface area (Å²) in [6.45, 7) is 0.384. The zero-order chi connectivity index (χ0) is 13.3. The Bertz CT molecular complexity index is 682. The second-order valence-electron chi connectivity index (χ2n) is 3.56. The molecule has 4 nitrogen and oxygen atoms in total. The fourth-order valence-corrected chi connectivity index (χ4v) is 2.54. The van der Waals surface area contributed by atoms with Crippen LogP contribution in [0.4, 0.5) is 0 Å². The Morgan fingerprint density at radius 1 is 1.28 bits per heavy atom. The van der Waals surface area contributed by atoms with Gasteiger partial charge in [0.15, 0.2) is 5.03 Å². The Balaban J connectivity index is 2.27. The number of halogens is 3. The van der Waals surface area contributed by atoms with Crippen molar-refractivity contribution in [2.45, 2.75) is 11.6 Å². The summed E-state index contributed by atoms with van der Waals surface area (Å²) in [5, 5.41) is 0.860. The van der Waals surface area contributed by atoms with E-state index in [1.807, 2.05) is 0 Å². The molecule has 0 bridgehead atoms. The van der Waals surface area contributed by atoms with E-state index in [1.54, 1.807) is 22.8 Å². The third kappa shape index (κ3) is 3.17. The van der Waals surface area contributed by atoms with Crippen molar-refractivity contribution in [3.05, 3.63) is 46.3 Å². The molecular formula is C10H7Cl3N2O2S. The molecule has 18 heavy (non-hydrogen) atoms. The topological polar surface area (TPSA) is 52.0 Å². The van der Waals surface area contributed by atoms with Crippen LogP contribution in [0.25, 0.3) is 0 Å². The lowest BCUT2D eigenvalue weighted by molar-refractivity contribution is 0.606. The minimum atomic E-state index is -3.80. The van der Waals surface area contributed by atoms with Gasteiger partial charge in [0.05, 0.1) is 12.9 Å². The maximum absolute atomic E-state index is 11.1. The van der Waals surface area contributed by atoms with Crippen LogP contribution in [0, 0.1) is 0 Å². The Hall–Kier alpha value is -0.750. The lowest BCUT2D eigenvalue weighted by Crippen LogP contribution is -1.97. The summed E-state index contributed by atoms with van der Waals surface area (Å²) < 4.78 is 23.7. The first-order valence-electron chi connectivity index (χ1n) is 4.76. The third-order valence-corrected chi connectivity index (χ3v) is 4.00. The van der Waals surface area contributed by atoms with Crippen molar-refractivity contribution >= 4 is 42.9 Å². The van der Waals surface area contributed by atoms with Gasteiger partial charge in [0, 0.05) is 26.9 Å². The Labute approximate surface area is 119 Å². The molecule has 0 aliphatic rings. The molecule has 0 aliphatic carbocycles. The predicted octanol–water partition coefficient (Wildman–Crippen LogP) is 3.17. The Kier molecular flexibility index (Phi) is 3.87. The summed E-state index contributed by atoms with van der Waals surface area (Å²) >= 11 is 11.8. The monoisotopic (exact) mass is 324 g/mol. The summed E-state index contributed by atoms with van der Waals surface area (Å²) in [5.41, 5.74) is 0.803. The highest BCUT2D eigenvalue weighted by molar-refractivity contribution is 8.13. The van der Waals surface area contributed by atoms with E-state index in [4.69, 9.17) is 33.9 Å². The summed E-state index contributed by atoms with van der Waals surface area (Å²) in [5.74, 6) is 0. The molecule has 1 aromatic heterocycles. The summed E-state index contributed by atoms with van der Waals surface area (Å²) in [4.78, 5) is 3.70. The molecule has 0 saturated heterocycles. The summed E-state index contributed by atoms with van der Waals surface area (Å²) in [6.07, 6.45) is 2.72. The van der Waals surface area contributed by atoms with Gasteiger partial charge in [-0.25, -0.2) is 13.4 Å². The van der Waals surface area contributed by atoms with Crippen molar-refractivity contribution in [1.82, 2.24) is 9.55 Å². The average molecular weight is 326 g/mol. The van der Waals surface area contributed by atoms with Gasteiger partial charge in [-0.15, -0.1) is 0 Å². The van der Waals surface area contributed by atoms with E-state index in [1.165, 1.54) is 12.5 Å².